The van der Waals surface area contributed by atoms with Gasteiger partial charge < -0.3 is 15.0 Å². The normalized spacial score (nSPS) is 10.4. The Bertz CT molecular complexity index is 711. The third-order valence-electron chi connectivity index (χ3n) is 3.56. The van der Waals surface area contributed by atoms with Crippen molar-refractivity contribution < 1.29 is 19.1 Å². The van der Waals surface area contributed by atoms with Crippen molar-refractivity contribution in [2.75, 3.05) is 25.0 Å². The van der Waals surface area contributed by atoms with Crippen molar-refractivity contribution >= 4 is 40.8 Å². The van der Waals surface area contributed by atoms with Crippen LogP contribution in [0.2, 0.25) is 0 Å². The summed E-state index contributed by atoms with van der Waals surface area (Å²) in [6.07, 6.45) is 3.89. The zero-order valence-electron chi connectivity index (χ0n) is 16.5. The van der Waals surface area contributed by atoms with E-state index < -0.39 is 11.9 Å². The fourth-order valence-corrected chi connectivity index (χ4v) is 2.60. The lowest BCUT2D eigenvalue weighted by atomic mass is 10.1. The van der Waals surface area contributed by atoms with E-state index in [1.54, 1.807) is 31.2 Å². The number of carbonyl (C=O) groups is 3. The molecule has 0 radical (unpaired) electrons. The molecule has 1 aromatic rings. The summed E-state index contributed by atoms with van der Waals surface area (Å²) in [5, 5.41) is 5.36. The number of esters is 1. The van der Waals surface area contributed by atoms with Crippen LogP contribution in [0, 0.1) is 0 Å². The van der Waals surface area contributed by atoms with Crippen molar-refractivity contribution in [1.29, 1.82) is 0 Å². The zero-order chi connectivity index (χ0) is 20.9. The minimum Gasteiger partial charge on any atom is -0.463 e. The van der Waals surface area contributed by atoms with Gasteiger partial charge in [0.25, 0.3) is 5.91 Å². The molecule has 0 spiro atoms. The maximum atomic E-state index is 12.6. The minimum atomic E-state index is -0.600. The predicted octanol–water partition coefficient (Wildman–Crippen LogP) is 2.88. The van der Waals surface area contributed by atoms with Gasteiger partial charge in [-0.3, -0.25) is 14.9 Å². The first-order valence-electron chi connectivity index (χ1n) is 9.27. The summed E-state index contributed by atoms with van der Waals surface area (Å²) >= 11 is 5.07. The summed E-state index contributed by atoms with van der Waals surface area (Å²) < 4.78 is 4.69. The quantitative estimate of drug-likeness (QED) is 0.373. The number of hydrogen-bond acceptors (Lipinski definition) is 5. The van der Waals surface area contributed by atoms with Gasteiger partial charge in [0.1, 0.15) is 0 Å². The molecule has 8 heteroatoms. The molecule has 0 aliphatic heterocycles. The van der Waals surface area contributed by atoms with Crippen molar-refractivity contribution in [2.45, 2.75) is 33.6 Å². The molecule has 0 aromatic heterocycles. The number of ether oxygens (including phenoxy) is 1. The van der Waals surface area contributed by atoms with E-state index >= 15 is 0 Å². The van der Waals surface area contributed by atoms with Gasteiger partial charge in [-0.05, 0) is 56.2 Å². The number of nitrogens with one attached hydrogen (secondary N) is 2. The van der Waals surface area contributed by atoms with Crippen LogP contribution in [0.1, 0.15) is 44.0 Å². The van der Waals surface area contributed by atoms with E-state index in [1.165, 1.54) is 0 Å². The first-order valence-corrected chi connectivity index (χ1v) is 9.68. The van der Waals surface area contributed by atoms with E-state index in [2.05, 4.69) is 15.4 Å². The monoisotopic (exact) mass is 405 g/mol. The van der Waals surface area contributed by atoms with Crippen LogP contribution < -0.4 is 10.6 Å². The minimum absolute atomic E-state index is 0.00441. The summed E-state index contributed by atoms with van der Waals surface area (Å²) in [5.74, 6) is -1.15. The molecule has 28 heavy (non-hydrogen) atoms. The fourth-order valence-electron chi connectivity index (χ4n) is 2.38. The zero-order valence-corrected chi connectivity index (χ0v) is 17.3. The van der Waals surface area contributed by atoms with E-state index in [-0.39, 0.29) is 17.6 Å². The van der Waals surface area contributed by atoms with Crippen LogP contribution in [0.3, 0.4) is 0 Å². The molecular weight excluding hydrogens is 378 g/mol. The maximum absolute atomic E-state index is 12.6. The van der Waals surface area contributed by atoms with E-state index in [4.69, 9.17) is 12.2 Å². The fraction of sp³-hybridized carbons (Fsp3) is 0.400. The van der Waals surface area contributed by atoms with Gasteiger partial charge in [0.05, 0.1) is 6.61 Å². The second-order valence-electron chi connectivity index (χ2n) is 5.90. The molecule has 0 fully saturated rings. The van der Waals surface area contributed by atoms with Crippen LogP contribution in [-0.4, -0.2) is 47.5 Å². The number of thiocarbonyl (C=S) groups is 1. The molecule has 0 aliphatic carbocycles. The van der Waals surface area contributed by atoms with E-state index in [0.29, 0.717) is 11.3 Å². The van der Waals surface area contributed by atoms with Crippen molar-refractivity contribution in [3.8, 4) is 0 Å². The van der Waals surface area contributed by atoms with Gasteiger partial charge in [0.2, 0.25) is 5.91 Å². The first kappa shape index (κ1) is 23.3. The lowest BCUT2D eigenvalue weighted by molar-refractivity contribution is -0.137. The molecule has 1 rings (SSSR count). The molecular formula is C20H27N3O4S. The Hall–Kier alpha value is -2.74. The highest BCUT2D eigenvalue weighted by Crippen LogP contribution is 2.12. The SMILES string of the molecule is CCCN(CCC)C(=O)c1ccc(NC(=S)NC(=O)/C=C/C(=O)OCC)cc1. The van der Waals surface area contributed by atoms with Gasteiger partial charge in [-0.2, -0.15) is 0 Å². The number of hydrogen-bond donors (Lipinski definition) is 2. The second kappa shape index (κ2) is 12.6. The van der Waals surface area contributed by atoms with Crippen molar-refractivity contribution in [1.82, 2.24) is 10.2 Å². The highest BCUT2D eigenvalue weighted by molar-refractivity contribution is 7.80. The number of nitrogens with zero attached hydrogens (tertiary/aromatic N) is 1. The van der Waals surface area contributed by atoms with E-state index in [1.807, 2.05) is 18.7 Å². The molecule has 0 atom stereocenters. The smallest absolute Gasteiger partial charge is 0.330 e. The van der Waals surface area contributed by atoms with E-state index in [9.17, 15) is 14.4 Å². The van der Waals surface area contributed by atoms with Crippen LogP contribution in [0.4, 0.5) is 5.69 Å². The molecule has 0 unspecified atom stereocenters. The molecule has 0 heterocycles. The Morgan fingerprint density at radius 1 is 1.04 bits per heavy atom. The molecule has 1 aromatic carbocycles. The highest BCUT2D eigenvalue weighted by atomic mass is 32.1. The van der Waals surface area contributed by atoms with Crippen molar-refractivity contribution in [3.05, 3.63) is 42.0 Å². The van der Waals surface area contributed by atoms with Crippen molar-refractivity contribution in [2.24, 2.45) is 0 Å². The summed E-state index contributed by atoms with van der Waals surface area (Å²) in [6.45, 7) is 7.44. The van der Waals surface area contributed by atoms with Gasteiger partial charge in [-0.25, -0.2) is 4.79 Å². The molecule has 152 valence electrons. The van der Waals surface area contributed by atoms with Gasteiger partial charge in [0.15, 0.2) is 5.11 Å². The van der Waals surface area contributed by atoms with Crippen LogP contribution >= 0.6 is 12.2 Å². The topological polar surface area (TPSA) is 87.7 Å². The number of carbonyl (C=O) groups excluding carboxylic acids is 3. The third-order valence-corrected chi connectivity index (χ3v) is 3.76. The average molecular weight is 406 g/mol. The summed E-state index contributed by atoms with van der Waals surface area (Å²) in [5.41, 5.74) is 1.23. The summed E-state index contributed by atoms with van der Waals surface area (Å²) in [7, 11) is 0. The number of rotatable bonds is 9. The Kier molecular flexibility index (Phi) is 10.5. The largest absolute Gasteiger partial charge is 0.463 e. The summed E-state index contributed by atoms with van der Waals surface area (Å²) in [6, 6.07) is 6.87. The Morgan fingerprint density at radius 3 is 2.18 bits per heavy atom. The highest BCUT2D eigenvalue weighted by Gasteiger charge is 2.14. The van der Waals surface area contributed by atoms with Crippen LogP contribution in [0.15, 0.2) is 36.4 Å². The van der Waals surface area contributed by atoms with Crippen LogP contribution in [0.25, 0.3) is 0 Å². The first-order chi connectivity index (χ1) is 13.4. The van der Waals surface area contributed by atoms with Crippen molar-refractivity contribution in [3.63, 3.8) is 0 Å². The van der Waals surface area contributed by atoms with Crippen LogP contribution in [0.5, 0.6) is 0 Å². The Balaban J connectivity index is 2.61. The van der Waals surface area contributed by atoms with Gasteiger partial charge in [0, 0.05) is 36.5 Å². The second-order valence-corrected chi connectivity index (χ2v) is 6.31. The van der Waals surface area contributed by atoms with Gasteiger partial charge in [-0.1, -0.05) is 13.8 Å². The third kappa shape index (κ3) is 8.30. The average Bonchev–Trinajstić information content (AvgIpc) is 2.66. The molecule has 0 saturated heterocycles. The maximum Gasteiger partial charge on any atom is 0.330 e. The lowest BCUT2D eigenvalue weighted by Gasteiger charge is -2.21. The number of benzene rings is 1. The number of amides is 2. The summed E-state index contributed by atoms with van der Waals surface area (Å²) in [4.78, 5) is 37.3. The molecule has 0 saturated carbocycles. The van der Waals surface area contributed by atoms with Gasteiger partial charge in [-0.15, -0.1) is 0 Å². The Morgan fingerprint density at radius 2 is 1.64 bits per heavy atom. The Labute approximate surface area is 171 Å². The molecule has 0 aliphatic rings. The lowest BCUT2D eigenvalue weighted by Crippen LogP contribution is -2.33. The van der Waals surface area contributed by atoms with E-state index in [0.717, 1.165) is 38.1 Å². The number of anilines is 1. The molecule has 2 N–H and O–H groups in total. The van der Waals surface area contributed by atoms with Crippen LogP contribution in [-0.2, 0) is 14.3 Å². The molecule has 0 bridgehead atoms. The molecule has 7 nitrogen and oxygen atoms in total. The molecule has 2 amide bonds. The standard InChI is InChI=1S/C20H27N3O4S/c1-4-13-23(14-5-2)19(26)15-7-9-16(10-8-15)21-20(28)22-17(24)11-12-18(25)27-6-3/h7-12H,4-6,13-14H2,1-3H3,(H2,21,22,24,28)/b12-11+. The van der Waals surface area contributed by atoms with Gasteiger partial charge >= 0.3 is 5.97 Å². The predicted molar refractivity (Wildman–Crippen MR) is 113 cm³/mol.